The van der Waals surface area contributed by atoms with Crippen molar-refractivity contribution in [2.45, 2.75) is 6.42 Å². The lowest BCUT2D eigenvalue weighted by Gasteiger charge is -2.24. The quantitative estimate of drug-likeness (QED) is 0.629. The number of benzene rings is 1. The number of anilines is 1. The molecule has 0 amide bonds. The predicted octanol–water partition coefficient (Wildman–Crippen LogP) is 0.105. The van der Waals surface area contributed by atoms with E-state index in [9.17, 15) is 4.79 Å². The fourth-order valence-electron chi connectivity index (χ4n) is 1.72. The van der Waals surface area contributed by atoms with Crippen molar-refractivity contribution in [2.24, 2.45) is 0 Å². The molecule has 1 aromatic carbocycles. The molecule has 0 aliphatic heterocycles. The Hall–Kier alpha value is -1.59. The van der Waals surface area contributed by atoms with Gasteiger partial charge in [-0.05, 0) is 18.1 Å². The van der Waals surface area contributed by atoms with Gasteiger partial charge in [0.1, 0.15) is 6.54 Å². The van der Waals surface area contributed by atoms with Gasteiger partial charge in [-0.2, -0.15) is 0 Å². The van der Waals surface area contributed by atoms with Gasteiger partial charge < -0.3 is 20.2 Å². The monoisotopic (exact) mass is 239 g/mol. The van der Waals surface area contributed by atoms with Crippen LogP contribution in [0.5, 0.6) is 0 Å². The molecule has 3 N–H and O–H groups in total. The van der Waals surface area contributed by atoms with E-state index in [-0.39, 0.29) is 26.3 Å². The molecule has 1 aromatic rings. The summed E-state index contributed by atoms with van der Waals surface area (Å²) in [4.78, 5) is 12.3. The maximum absolute atomic E-state index is 10.8. The first-order valence-electron chi connectivity index (χ1n) is 5.45. The Labute approximate surface area is 99.9 Å². The number of para-hydroxylation sites is 1. The minimum Gasteiger partial charge on any atom is -0.480 e. The summed E-state index contributed by atoms with van der Waals surface area (Å²) in [5.41, 5.74) is 1.63. The SMILES string of the molecule is O=C(O)CN(CCO)c1ccccc1CCO. The van der Waals surface area contributed by atoms with Crippen molar-refractivity contribution < 1.29 is 20.1 Å². The molecule has 0 radical (unpaired) electrons. The van der Waals surface area contributed by atoms with E-state index in [4.69, 9.17) is 15.3 Å². The Morgan fingerprint density at radius 1 is 1.18 bits per heavy atom. The van der Waals surface area contributed by atoms with Gasteiger partial charge in [0.15, 0.2) is 0 Å². The van der Waals surface area contributed by atoms with Crippen molar-refractivity contribution in [3.8, 4) is 0 Å². The summed E-state index contributed by atoms with van der Waals surface area (Å²) in [6.45, 7) is -0.00443. The van der Waals surface area contributed by atoms with Gasteiger partial charge in [-0.3, -0.25) is 4.79 Å². The molecule has 0 spiro atoms. The van der Waals surface area contributed by atoms with Crippen LogP contribution < -0.4 is 4.90 Å². The zero-order chi connectivity index (χ0) is 12.7. The van der Waals surface area contributed by atoms with E-state index in [1.165, 1.54) is 0 Å². The van der Waals surface area contributed by atoms with Gasteiger partial charge >= 0.3 is 5.97 Å². The number of nitrogens with zero attached hydrogens (tertiary/aromatic N) is 1. The van der Waals surface area contributed by atoms with Crippen LogP contribution in [0, 0.1) is 0 Å². The lowest BCUT2D eigenvalue weighted by Crippen LogP contribution is -2.33. The molecule has 0 aromatic heterocycles. The summed E-state index contributed by atoms with van der Waals surface area (Å²) in [6.07, 6.45) is 0.470. The molecule has 0 aliphatic carbocycles. The maximum Gasteiger partial charge on any atom is 0.323 e. The number of rotatable bonds is 7. The summed E-state index contributed by atoms with van der Waals surface area (Å²) in [5.74, 6) is -0.947. The molecule has 0 atom stereocenters. The van der Waals surface area contributed by atoms with E-state index >= 15 is 0 Å². The highest BCUT2D eigenvalue weighted by atomic mass is 16.4. The summed E-state index contributed by atoms with van der Waals surface area (Å²) < 4.78 is 0. The van der Waals surface area contributed by atoms with Gasteiger partial charge in [-0.15, -0.1) is 0 Å². The second-order valence-electron chi connectivity index (χ2n) is 3.64. The van der Waals surface area contributed by atoms with Crippen molar-refractivity contribution >= 4 is 11.7 Å². The third-order valence-electron chi connectivity index (χ3n) is 2.41. The second-order valence-corrected chi connectivity index (χ2v) is 3.64. The molecule has 0 saturated heterocycles. The molecule has 1 rings (SSSR count). The van der Waals surface area contributed by atoms with E-state index < -0.39 is 5.97 Å². The average Bonchev–Trinajstić information content (AvgIpc) is 2.29. The smallest absolute Gasteiger partial charge is 0.323 e. The first-order valence-corrected chi connectivity index (χ1v) is 5.45. The van der Waals surface area contributed by atoms with Gasteiger partial charge in [-0.1, -0.05) is 18.2 Å². The van der Waals surface area contributed by atoms with Crippen LogP contribution in [0.4, 0.5) is 5.69 Å². The van der Waals surface area contributed by atoms with Crippen LogP contribution >= 0.6 is 0 Å². The lowest BCUT2D eigenvalue weighted by molar-refractivity contribution is -0.135. The highest BCUT2D eigenvalue weighted by Crippen LogP contribution is 2.20. The average molecular weight is 239 g/mol. The number of hydrogen-bond acceptors (Lipinski definition) is 4. The third-order valence-corrected chi connectivity index (χ3v) is 2.41. The van der Waals surface area contributed by atoms with Crippen LogP contribution in [0.15, 0.2) is 24.3 Å². The summed E-state index contributed by atoms with van der Waals surface area (Å²) >= 11 is 0. The van der Waals surface area contributed by atoms with Crippen LogP contribution in [0.2, 0.25) is 0 Å². The zero-order valence-electron chi connectivity index (χ0n) is 9.54. The van der Waals surface area contributed by atoms with Crippen molar-refractivity contribution in [3.63, 3.8) is 0 Å². The minimum absolute atomic E-state index is 0.0110. The number of aliphatic hydroxyl groups excluding tert-OH is 2. The molecule has 0 aliphatic rings. The fourth-order valence-corrected chi connectivity index (χ4v) is 1.72. The molecule has 5 nitrogen and oxygen atoms in total. The van der Waals surface area contributed by atoms with E-state index in [0.717, 1.165) is 11.3 Å². The standard InChI is InChI=1S/C12H17NO4/c14-7-5-10-3-1-2-4-11(10)13(6-8-15)9-12(16)17/h1-4,14-15H,5-9H2,(H,16,17). The molecule has 0 bridgehead atoms. The van der Waals surface area contributed by atoms with Crippen LogP contribution in [0.1, 0.15) is 5.56 Å². The molecule has 0 fully saturated rings. The van der Waals surface area contributed by atoms with E-state index in [1.807, 2.05) is 18.2 Å². The van der Waals surface area contributed by atoms with Crippen molar-refractivity contribution in [1.29, 1.82) is 0 Å². The minimum atomic E-state index is -0.947. The number of carboxylic acid groups (broad SMARTS) is 1. The van der Waals surface area contributed by atoms with Gasteiger partial charge in [0.25, 0.3) is 0 Å². The number of carbonyl (C=O) groups is 1. The van der Waals surface area contributed by atoms with Gasteiger partial charge in [0, 0.05) is 18.8 Å². The normalized spacial score (nSPS) is 10.2. The van der Waals surface area contributed by atoms with E-state index in [2.05, 4.69) is 0 Å². The van der Waals surface area contributed by atoms with Crippen LogP contribution in [0.3, 0.4) is 0 Å². The Kier molecular flexibility index (Phi) is 5.45. The summed E-state index contributed by atoms with van der Waals surface area (Å²) in [6, 6.07) is 7.29. The topological polar surface area (TPSA) is 81.0 Å². The Bertz CT molecular complexity index is 367. The van der Waals surface area contributed by atoms with E-state index in [1.54, 1.807) is 11.0 Å². The molecular formula is C12H17NO4. The summed E-state index contributed by atoms with van der Waals surface area (Å²) in [5, 5.41) is 26.7. The highest BCUT2D eigenvalue weighted by Gasteiger charge is 2.13. The second kappa shape index (κ2) is 6.88. The molecule has 0 heterocycles. The Balaban J connectivity index is 2.94. The van der Waals surface area contributed by atoms with Crippen LogP contribution in [-0.2, 0) is 11.2 Å². The number of aliphatic hydroxyl groups is 2. The first kappa shape index (κ1) is 13.5. The lowest BCUT2D eigenvalue weighted by atomic mass is 10.1. The van der Waals surface area contributed by atoms with Gasteiger partial charge in [-0.25, -0.2) is 0 Å². The highest BCUT2D eigenvalue weighted by molar-refractivity contribution is 5.74. The molecule has 5 heteroatoms. The molecule has 0 unspecified atom stereocenters. The Morgan fingerprint density at radius 2 is 1.88 bits per heavy atom. The van der Waals surface area contributed by atoms with Crippen molar-refractivity contribution in [2.75, 3.05) is 31.2 Å². The van der Waals surface area contributed by atoms with Crippen molar-refractivity contribution in [1.82, 2.24) is 0 Å². The van der Waals surface area contributed by atoms with E-state index in [0.29, 0.717) is 6.42 Å². The zero-order valence-corrected chi connectivity index (χ0v) is 9.54. The Morgan fingerprint density at radius 3 is 2.47 bits per heavy atom. The first-order chi connectivity index (χ1) is 8.19. The largest absolute Gasteiger partial charge is 0.480 e. The van der Waals surface area contributed by atoms with Crippen molar-refractivity contribution in [3.05, 3.63) is 29.8 Å². The fraction of sp³-hybridized carbons (Fsp3) is 0.417. The molecule has 0 saturated carbocycles. The number of carboxylic acids is 1. The van der Waals surface area contributed by atoms with Crippen LogP contribution in [-0.4, -0.2) is 47.6 Å². The molecule has 17 heavy (non-hydrogen) atoms. The number of aliphatic carboxylic acids is 1. The molecular weight excluding hydrogens is 222 g/mol. The summed E-state index contributed by atoms with van der Waals surface area (Å²) in [7, 11) is 0. The van der Waals surface area contributed by atoms with Gasteiger partial charge in [0.05, 0.1) is 6.61 Å². The maximum atomic E-state index is 10.8. The number of hydrogen-bond donors (Lipinski definition) is 3. The predicted molar refractivity (Wildman–Crippen MR) is 64.2 cm³/mol. The third kappa shape index (κ3) is 4.05. The van der Waals surface area contributed by atoms with Gasteiger partial charge in [0.2, 0.25) is 0 Å². The van der Waals surface area contributed by atoms with Crippen LogP contribution in [0.25, 0.3) is 0 Å². The molecule has 94 valence electrons.